The zero-order chi connectivity index (χ0) is 23.4. The van der Waals surface area contributed by atoms with E-state index in [4.69, 9.17) is 14.2 Å². The van der Waals surface area contributed by atoms with Gasteiger partial charge in [-0.3, -0.25) is 9.59 Å². The maximum absolute atomic E-state index is 14.2. The fourth-order valence-electron chi connectivity index (χ4n) is 6.68. The van der Waals surface area contributed by atoms with Gasteiger partial charge in [0.05, 0.1) is 32.4 Å². The number of piperazine rings is 1. The predicted octanol–water partition coefficient (Wildman–Crippen LogP) is 3.15. The number of methoxy groups -OCH3 is 1. The number of rotatable bonds is 4. The van der Waals surface area contributed by atoms with Crippen molar-refractivity contribution in [2.45, 2.75) is 43.4 Å². The summed E-state index contributed by atoms with van der Waals surface area (Å²) in [6.45, 7) is 3.66. The molecule has 3 saturated heterocycles. The summed E-state index contributed by atoms with van der Waals surface area (Å²) in [7, 11) is 1.63. The third-order valence-electron chi connectivity index (χ3n) is 8.11. The molecule has 0 aromatic heterocycles. The largest absolute Gasteiger partial charge is 0.497 e. The van der Waals surface area contributed by atoms with E-state index in [-0.39, 0.29) is 42.3 Å². The zero-order valence-electron chi connectivity index (χ0n) is 19.6. The smallest absolute Gasteiger partial charge is 0.249 e. The zero-order valence-corrected chi connectivity index (χ0v) is 19.6. The molecule has 0 bridgehead atoms. The average molecular weight is 463 g/mol. The molecule has 4 aliphatic heterocycles. The van der Waals surface area contributed by atoms with Crippen molar-refractivity contribution in [1.82, 2.24) is 9.80 Å². The van der Waals surface area contributed by atoms with E-state index in [0.717, 1.165) is 36.3 Å². The number of fused-ring (bicyclic) bond motifs is 5. The van der Waals surface area contributed by atoms with Gasteiger partial charge in [-0.2, -0.15) is 0 Å². The number of benzene rings is 2. The molecule has 2 aromatic rings. The van der Waals surface area contributed by atoms with Crippen molar-refractivity contribution in [3.63, 3.8) is 0 Å². The Hall–Kier alpha value is -3.06. The van der Waals surface area contributed by atoms with E-state index < -0.39 is 5.54 Å². The van der Waals surface area contributed by atoms with Crippen LogP contribution in [-0.4, -0.2) is 66.7 Å². The van der Waals surface area contributed by atoms with E-state index in [9.17, 15) is 9.59 Å². The molecule has 7 nitrogen and oxygen atoms in total. The molecule has 7 heteroatoms. The first-order valence-corrected chi connectivity index (χ1v) is 12.1. The van der Waals surface area contributed by atoms with E-state index in [1.54, 1.807) is 12.0 Å². The van der Waals surface area contributed by atoms with Gasteiger partial charge in [-0.05, 0) is 43.5 Å². The lowest BCUT2D eigenvalue weighted by atomic mass is 9.73. The summed E-state index contributed by atoms with van der Waals surface area (Å²) in [4.78, 5) is 31.7. The van der Waals surface area contributed by atoms with Crippen molar-refractivity contribution in [3.8, 4) is 11.5 Å². The SMILES string of the molecule is COc1ccc2c(c1)C1C(CO2)C(c2ccccc2)[C@]2(C)C(=O)N(CC3CCCO3)CC(=O)N12. The van der Waals surface area contributed by atoms with Gasteiger partial charge in [0.2, 0.25) is 11.8 Å². The number of nitrogens with zero attached hydrogens (tertiary/aromatic N) is 2. The van der Waals surface area contributed by atoms with Crippen LogP contribution in [0.2, 0.25) is 0 Å². The molecule has 4 unspecified atom stereocenters. The topological polar surface area (TPSA) is 68.3 Å². The minimum Gasteiger partial charge on any atom is -0.497 e. The van der Waals surface area contributed by atoms with Crippen molar-refractivity contribution in [2.75, 3.05) is 33.4 Å². The molecule has 4 aliphatic rings. The second kappa shape index (κ2) is 8.01. The third kappa shape index (κ3) is 3.06. The van der Waals surface area contributed by atoms with Crippen LogP contribution in [0.3, 0.4) is 0 Å². The number of hydrogen-bond acceptors (Lipinski definition) is 5. The van der Waals surface area contributed by atoms with E-state index in [2.05, 4.69) is 12.1 Å². The maximum Gasteiger partial charge on any atom is 0.249 e. The van der Waals surface area contributed by atoms with Crippen molar-refractivity contribution in [3.05, 3.63) is 59.7 Å². The van der Waals surface area contributed by atoms with Crippen molar-refractivity contribution < 1.29 is 23.8 Å². The third-order valence-corrected chi connectivity index (χ3v) is 8.11. The molecule has 0 spiro atoms. The summed E-state index contributed by atoms with van der Waals surface area (Å²) < 4.78 is 17.5. The quantitative estimate of drug-likeness (QED) is 0.698. The van der Waals surface area contributed by atoms with Crippen molar-refractivity contribution in [1.29, 1.82) is 0 Å². The van der Waals surface area contributed by atoms with Crippen LogP contribution in [-0.2, 0) is 14.3 Å². The van der Waals surface area contributed by atoms with Crippen LogP contribution in [0.4, 0.5) is 0 Å². The highest BCUT2D eigenvalue weighted by atomic mass is 16.5. The molecule has 6 rings (SSSR count). The number of amides is 2. The van der Waals surface area contributed by atoms with E-state index >= 15 is 0 Å². The minimum atomic E-state index is -1.02. The van der Waals surface area contributed by atoms with Gasteiger partial charge in [0.25, 0.3) is 0 Å². The lowest BCUT2D eigenvalue weighted by molar-refractivity contribution is -0.165. The summed E-state index contributed by atoms with van der Waals surface area (Å²) in [5.41, 5.74) is 0.949. The van der Waals surface area contributed by atoms with Crippen LogP contribution in [0.1, 0.15) is 42.9 Å². The summed E-state index contributed by atoms with van der Waals surface area (Å²) in [5.74, 6) is 1.19. The fourth-order valence-corrected chi connectivity index (χ4v) is 6.68. The van der Waals surface area contributed by atoms with E-state index in [0.29, 0.717) is 18.9 Å². The molecule has 3 fully saturated rings. The Labute approximate surface area is 199 Å². The Bertz CT molecular complexity index is 1120. The van der Waals surface area contributed by atoms with Crippen LogP contribution < -0.4 is 9.47 Å². The average Bonchev–Trinajstić information content (AvgIpc) is 3.46. The van der Waals surface area contributed by atoms with Gasteiger partial charge < -0.3 is 24.0 Å². The van der Waals surface area contributed by atoms with Crippen molar-refractivity contribution >= 4 is 11.8 Å². The molecule has 5 atom stereocenters. The Morgan fingerprint density at radius 3 is 2.71 bits per heavy atom. The highest BCUT2D eigenvalue weighted by Crippen LogP contribution is 2.60. The molecule has 2 amide bonds. The van der Waals surface area contributed by atoms with E-state index in [1.165, 1.54) is 0 Å². The first-order chi connectivity index (χ1) is 16.5. The Morgan fingerprint density at radius 2 is 1.97 bits per heavy atom. The van der Waals surface area contributed by atoms with Crippen molar-refractivity contribution in [2.24, 2.45) is 5.92 Å². The Morgan fingerprint density at radius 1 is 1.15 bits per heavy atom. The fraction of sp³-hybridized carbons (Fsp3) is 0.481. The normalized spacial score (nSPS) is 32.2. The van der Waals surface area contributed by atoms with Crippen LogP contribution in [0.25, 0.3) is 0 Å². The predicted molar refractivity (Wildman–Crippen MR) is 125 cm³/mol. The van der Waals surface area contributed by atoms with Gasteiger partial charge in [0.15, 0.2) is 0 Å². The van der Waals surface area contributed by atoms with Gasteiger partial charge in [-0.15, -0.1) is 0 Å². The maximum atomic E-state index is 14.2. The molecular formula is C27H30N2O5. The minimum absolute atomic E-state index is 0.000855. The van der Waals surface area contributed by atoms with Gasteiger partial charge >= 0.3 is 0 Å². The summed E-state index contributed by atoms with van der Waals surface area (Å²) in [5, 5.41) is 0. The van der Waals surface area contributed by atoms with Gasteiger partial charge in [-0.25, -0.2) is 0 Å². The Balaban J connectivity index is 1.48. The first kappa shape index (κ1) is 21.5. The standard InChI is InChI=1S/C27H30N2O5/c1-27-24(17-7-4-3-5-8-17)21-16-34-22-11-10-18(32-2)13-20(22)25(21)29(27)23(30)15-28(26(27)31)14-19-9-6-12-33-19/h3-5,7-8,10-11,13,19,21,24-25H,6,9,12,14-16H2,1-2H3/t19?,21?,24?,25?,27-/m1/s1. The van der Waals surface area contributed by atoms with Crippen LogP contribution >= 0.6 is 0 Å². The lowest BCUT2D eigenvalue weighted by Crippen LogP contribution is -2.66. The molecule has 0 aliphatic carbocycles. The van der Waals surface area contributed by atoms with Crippen LogP contribution in [0.5, 0.6) is 11.5 Å². The molecule has 2 aromatic carbocycles. The summed E-state index contributed by atoms with van der Waals surface area (Å²) >= 11 is 0. The summed E-state index contributed by atoms with van der Waals surface area (Å²) in [6, 6.07) is 15.6. The van der Waals surface area contributed by atoms with Crippen LogP contribution in [0.15, 0.2) is 48.5 Å². The van der Waals surface area contributed by atoms with Gasteiger partial charge in [0, 0.05) is 30.6 Å². The second-order valence-corrected chi connectivity index (χ2v) is 9.94. The molecule has 0 saturated carbocycles. The van der Waals surface area contributed by atoms with E-state index in [1.807, 2.05) is 48.2 Å². The summed E-state index contributed by atoms with van der Waals surface area (Å²) in [6.07, 6.45) is 1.92. The highest BCUT2D eigenvalue weighted by Gasteiger charge is 2.66. The molecule has 0 radical (unpaired) electrons. The highest BCUT2D eigenvalue weighted by molar-refractivity contribution is 6.00. The van der Waals surface area contributed by atoms with Crippen LogP contribution in [0, 0.1) is 5.92 Å². The van der Waals surface area contributed by atoms with Gasteiger partial charge in [-0.1, -0.05) is 30.3 Å². The first-order valence-electron chi connectivity index (χ1n) is 12.1. The number of carbonyl (C=O) groups is 2. The molecule has 178 valence electrons. The number of carbonyl (C=O) groups excluding carboxylic acids is 2. The lowest BCUT2D eigenvalue weighted by Gasteiger charge is -2.47. The van der Waals surface area contributed by atoms with Gasteiger partial charge in [0.1, 0.15) is 17.0 Å². The number of ether oxygens (including phenoxy) is 3. The molecular weight excluding hydrogens is 432 g/mol. The Kier molecular flexibility index (Phi) is 5.06. The molecule has 34 heavy (non-hydrogen) atoms. The number of hydrogen-bond donors (Lipinski definition) is 0. The molecule has 0 N–H and O–H groups in total. The molecule has 4 heterocycles. The second-order valence-electron chi connectivity index (χ2n) is 9.94. The monoisotopic (exact) mass is 462 g/mol.